The summed E-state index contributed by atoms with van der Waals surface area (Å²) in [7, 11) is 0. The fourth-order valence-electron chi connectivity index (χ4n) is 2.38. The van der Waals surface area contributed by atoms with Crippen molar-refractivity contribution in [1.82, 2.24) is 4.90 Å². The lowest BCUT2D eigenvalue weighted by molar-refractivity contribution is -0.131. The molecule has 2 rings (SSSR count). The largest absolute Gasteiger partial charge is 0.340 e. The summed E-state index contributed by atoms with van der Waals surface area (Å²) in [6.07, 6.45) is 4.03. The molecule has 1 saturated heterocycles. The van der Waals surface area contributed by atoms with Gasteiger partial charge in [-0.05, 0) is 24.7 Å². The van der Waals surface area contributed by atoms with E-state index < -0.39 is 0 Å². The van der Waals surface area contributed by atoms with Crippen molar-refractivity contribution in [2.45, 2.75) is 24.1 Å². The normalized spacial score (nSPS) is 21.7. The molecule has 1 heterocycles. The van der Waals surface area contributed by atoms with Crippen LogP contribution in [-0.2, 0) is 4.79 Å². The van der Waals surface area contributed by atoms with E-state index in [1.165, 1.54) is 0 Å². The van der Waals surface area contributed by atoms with Gasteiger partial charge >= 0.3 is 0 Å². The minimum absolute atomic E-state index is 0.100. The number of likely N-dealkylation sites (tertiary alicyclic amines) is 1. The molecule has 2 N–H and O–H groups in total. The van der Waals surface area contributed by atoms with Gasteiger partial charge in [0.25, 0.3) is 0 Å². The third-order valence-electron chi connectivity index (χ3n) is 3.33. The number of nitrogens with zero attached hydrogens (tertiary/aromatic N) is 1. The molecule has 18 heavy (non-hydrogen) atoms. The summed E-state index contributed by atoms with van der Waals surface area (Å²) in [4.78, 5) is 14.4. The Morgan fingerprint density at radius 1 is 1.44 bits per heavy atom. The van der Waals surface area contributed by atoms with E-state index in [0.29, 0.717) is 6.54 Å². The molecule has 1 fully saturated rings. The molecule has 3 nitrogen and oxygen atoms in total. The van der Waals surface area contributed by atoms with Crippen LogP contribution in [0.5, 0.6) is 0 Å². The summed E-state index contributed by atoms with van der Waals surface area (Å²) in [6, 6.07) is 10.1. The Balaban J connectivity index is 2.10. The average molecular weight is 264 g/mol. The number of rotatable bonds is 3. The first kappa shape index (κ1) is 13.4. The number of benzene rings is 1. The molecule has 0 saturated carbocycles. The predicted molar refractivity (Wildman–Crippen MR) is 76.5 cm³/mol. The number of nitrogens with two attached hydrogens (primary N) is 1. The molecule has 0 aliphatic carbocycles. The summed E-state index contributed by atoms with van der Waals surface area (Å²) in [5.74, 6) is 0.198. The lowest BCUT2D eigenvalue weighted by atomic mass is 10.0. The number of carbonyl (C=O) groups is 1. The van der Waals surface area contributed by atoms with Gasteiger partial charge < -0.3 is 10.6 Å². The van der Waals surface area contributed by atoms with Gasteiger partial charge in [-0.3, -0.25) is 4.79 Å². The molecule has 0 aromatic heterocycles. The van der Waals surface area contributed by atoms with Gasteiger partial charge in [0.15, 0.2) is 0 Å². The minimum Gasteiger partial charge on any atom is -0.340 e. The highest BCUT2D eigenvalue weighted by molar-refractivity contribution is 7.99. The fraction of sp³-hybridized carbons (Fsp3) is 0.500. The second-order valence-corrected chi connectivity index (χ2v) is 5.66. The fourth-order valence-corrected chi connectivity index (χ4v) is 3.16. The van der Waals surface area contributed by atoms with Crippen molar-refractivity contribution in [3.63, 3.8) is 0 Å². The first-order valence-corrected chi connectivity index (χ1v) is 7.63. The second-order valence-electron chi connectivity index (χ2n) is 4.71. The Morgan fingerprint density at radius 2 is 2.17 bits per heavy atom. The smallest absolute Gasteiger partial charge is 0.240 e. The molecule has 2 unspecified atom stereocenters. The summed E-state index contributed by atoms with van der Waals surface area (Å²) >= 11 is 1.59. The maximum Gasteiger partial charge on any atom is 0.240 e. The van der Waals surface area contributed by atoms with Crippen molar-refractivity contribution >= 4 is 17.7 Å². The van der Waals surface area contributed by atoms with E-state index in [0.717, 1.165) is 24.9 Å². The van der Waals surface area contributed by atoms with Crippen molar-refractivity contribution in [2.24, 2.45) is 5.73 Å². The average Bonchev–Trinajstić information content (AvgIpc) is 2.41. The maximum absolute atomic E-state index is 12.5. The van der Waals surface area contributed by atoms with Crippen LogP contribution in [0.4, 0.5) is 0 Å². The van der Waals surface area contributed by atoms with Crippen molar-refractivity contribution in [1.29, 1.82) is 0 Å². The molecule has 1 aliphatic rings. The van der Waals surface area contributed by atoms with Gasteiger partial charge in [0, 0.05) is 19.1 Å². The molecular formula is C14H20N2OS. The van der Waals surface area contributed by atoms with Crippen LogP contribution in [0.3, 0.4) is 0 Å². The number of hydrogen-bond donors (Lipinski definition) is 1. The molecule has 98 valence electrons. The van der Waals surface area contributed by atoms with E-state index in [-0.39, 0.29) is 17.2 Å². The molecule has 4 heteroatoms. The molecule has 1 aromatic carbocycles. The first-order valence-electron chi connectivity index (χ1n) is 6.34. The Labute approximate surface area is 113 Å². The highest BCUT2D eigenvalue weighted by Crippen LogP contribution is 2.29. The van der Waals surface area contributed by atoms with E-state index in [1.807, 2.05) is 41.5 Å². The standard InChI is InChI=1S/C14H20N2OS/c1-18-13(11-6-3-2-4-7-11)14(17)16-9-5-8-12(15)10-16/h2-4,6-7,12-13H,5,8-10,15H2,1H3. The third kappa shape index (κ3) is 3.06. The molecule has 1 amide bonds. The number of carbonyl (C=O) groups excluding carboxylic acids is 1. The SMILES string of the molecule is CSC(C(=O)N1CCCC(N)C1)c1ccccc1. The Hall–Kier alpha value is -1.00. The topological polar surface area (TPSA) is 46.3 Å². The molecule has 1 aliphatic heterocycles. The van der Waals surface area contributed by atoms with Crippen LogP contribution in [0.15, 0.2) is 30.3 Å². The predicted octanol–water partition coefficient (Wildman–Crippen LogP) is 2.04. The van der Waals surface area contributed by atoms with Gasteiger partial charge in [-0.15, -0.1) is 11.8 Å². The number of hydrogen-bond acceptors (Lipinski definition) is 3. The Bertz CT molecular complexity index is 396. The van der Waals surface area contributed by atoms with E-state index in [9.17, 15) is 4.79 Å². The van der Waals surface area contributed by atoms with Crippen LogP contribution < -0.4 is 5.73 Å². The van der Waals surface area contributed by atoms with Crippen LogP contribution in [0.2, 0.25) is 0 Å². The molecule has 2 atom stereocenters. The van der Waals surface area contributed by atoms with Gasteiger partial charge in [-0.25, -0.2) is 0 Å². The van der Waals surface area contributed by atoms with Crippen molar-refractivity contribution in [3.8, 4) is 0 Å². The van der Waals surface area contributed by atoms with Crippen LogP contribution >= 0.6 is 11.8 Å². The lowest BCUT2D eigenvalue weighted by Gasteiger charge is -2.33. The number of amides is 1. The summed E-state index contributed by atoms with van der Waals surface area (Å²) in [5.41, 5.74) is 7.02. The maximum atomic E-state index is 12.5. The zero-order chi connectivity index (χ0) is 13.0. The van der Waals surface area contributed by atoms with Crippen LogP contribution in [0.1, 0.15) is 23.7 Å². The zero-order valence-electron chi connectivity index (χ0n) is 10.7. The van der Waals surface area contributed by atoms with E-state index >= 15 is 0 Å². The zero-order valence-corrected chi connectivity index (χ0v) is 11.5. The van der Waals surface area contributed by atoms with Gasteiger partial charge in [0.2, 0.25) is 5.91 Å². The highest BCUT2D eigenvalue weighted by atomic mass is 32.2. The van der Waals surface area contributed by atoms with Crippen LogP contribution in [0.25, 0.3) is 0 Å². The summed E-state index contributed by atoms with van der Waals surface area (Å²) in [5, 5.41) is -0.100. The van der Waals surface area contributed by atoms with E-state index in [4.69, 9.17) is 5.73 Å². The molecule has 0 spiro atoms. The summed E-state index contributed by atoms with van der Waals surface area (Å²) in [6.45, 7) is 1.54. The highest BCUT2D eigenvalue weighted by Gasteiger charge is 2.28. The lowest BCUT2D eigenvalue weighted by Crippen LogP contribution is -2.46. The summed E-state index contributed by atoms with van der Waals surface area (Å²) < 4.78 is 0. The van der Waals surface area contributed by atoms with Crippen LogP contribution in [-0.4, -0.2) is 36.2 Å². The number of thioether (sulfide) groups is 1. The monoisotopic (exact) mass is 264 g/mol. The Morgan fingerprint density at radius 3 is 2.78 bits per heavy atom. The van der Waals surface area contributed by atoms with Crippen molar-refractivity contribution < 1.29 is 4.79 Å². The third-order valence-corrected chi connectivity index (χ3v) is 4.28. The van der Waals surface area contributed by atoms with Crippen LogP contribution in [0, 0.1) is 0 Å². The van der Waals surface area contributed by atoms with Crippen molar-refractivity contribution in [3.05, 3.63) is 35.9 Å². The quantitative estimate of drug-likeness (QED) is 0.909. The van der Waals surface area contributed by atoms with Crippen molar-refractivity contribution in [2.75, 3.05) is 19.3 Å². The van der Waals surface area contributed by atoms with E-state index in [1.54, 1.807) is 11.8 Å². The molecule has 1 aromatic rings. The van der Waals surface area contributed by atoms with E-state index in [2.05, 4.69) is 0 Å². The van der Waals surface area contributed by atoms with Gasteiger partial charge in [-0.2, -0.15) is 0 Å². The molecule has 0 radical (unpaired) electrons. The van der Waals surface area contributed by atoms with Gasteiger partial charge in [0.05, 0.1) is 0 Å². The van der Waals surface area contributed by atoms with Gasteiger partial charge in [0.1, 0.15) is 5.25 Å². The first-order chi connectivity index (χ1) is 8.72. The minimum atomic E-state index is -0.100. The molecular weight excluding hydrogens is 244 g/mol. The number of piperidine rings is 1. The Kier molecular flexibility index (Phi) is 4.66. The van der Waals surface area contributed by atoms with Gasteiger partial charge in [-0.1, -0.05) is 30.3 Å². The molecule has 0 bridgehead atoms. The second kappa shape index (κ2) is 6.25.